The molecule has 0 saturated heterocycles. The predicted molar refractivity (Wildman–Crippen MR) is 61.6 cm³/mol. The normalized spacial score (nSPS) is 11.9. The Hall–Kier alpha value is -1.86. The van der Waals surface area contributed by atoms with Gasteiger partial charge in [-0.25, -0.2) is 4.39 Å². The third-order valence-corrected chi connectivity index (χ3v) is 2.29. The molecule has 0 aliphatic heterocycles. The van der Waals surface area contributed by atoms with Crippen LogP contribution in [0.15, 0.2) is 18.1 Å². The summed E-state index contributed by atoms with van der Waals surface area (Å²) in [6.45, 7) is 1.31. The molecule has 1 aromatic heterocycles. The Kier molecular flexibility index (Phi) is 4.87. The van der Waals surface area contributed by atoms with Crippen molar-refractivity contribution in [3.8, 4) is 0 Å². The largest absolute Gasteiger partial charge is 0.352 e. The van der Waals surface area contributed by atoms with Crippen LogP contribution < -0.4 is 0 Å². The Balaban J connectivity index is 3.32. The number of rotatable bonds is 5. The molecule has 0 N–H and O–H groups in total. The summed E-state index contributed by atoms with van der Waals surface area (Å²) >= 11 is 0. The van der Waals surface area contributed by atoms with Crippen LogP contribution in [0.5, 0.6) is 0 Å². The zero-order valence-electron chi connectivity index (χ0n) is 10.2. The van der Waals surface area contributed by atoms with Crippen LogP contribution in [-0.4, -0.2) is 24.1 Å². The van der Waals surface area contributed by atoms with E-state index in [1.54, 1.807) is 0 Å². The number of aromatic nitrogens is 1. The van der Waals surface area contributed by atoms with Crippen LogP contribution >= 0.6 is 0 Å². The topological polar surface area (TPSA) is 74.5 Å². The number of methoxy groups -OCH3 is 2. The minimum absolute atomic E-state index is 0.0798. The first kappa shape index (κ1) is 14.2. The Bertz CT molecular complexity index is 472. The number of nitro groups is 1. The van der Waals surface area contributed by atoms with Gasteiger partial charge in [0.25, 0.3) is 0 Å². The van der Waals surface area contributed by atoms with Crippen LogP contribution in [0.3, 0.4) is 0 Å². The average Bonchev–Trinajstić information content (AvgIpc) is 2.33. The van der Waals surface area contributed by atoms with Gasteiger partial charge in [-0.05, 0) is 0 Å². The number of allylic oxidation sites excluding steroid dienone is 1. The molecule has 18 heavy (non-hydrogen) atoms. The summed E-state index contributed by atoms with van der Waals surface area (Å²) < 4.78 is 23.6. The van der Waals surface area contributed by atoms with Crippen LogP contribution in [-0.2, 0) is 9.47 Å². The molecule has 0 aliphatic carbocycles. The standard InChI is InChI=1S/C11H13FN2O4/c1-7(14(15)16)4-8-5-13-6-9(12)10(8)11(17-2)18-3/h4-6,11H,1-3H3/b7-4+. The molecule has 0 aromatic carbocycles. The Morgan fingerprint density at radius 3 is 2.61 bits per heavy atom. The molecule has 1 heterocycles. The van der Waals surface area contributed by atoms with E-state index >= 15 is 0 Å². The molecule has 0 radical (unpaired) electrons. The molecule has 98 valence electrons. The maximum Gasteiger partial charge on any atom is 0.243 e. The SMILES string of the molecule is COC(OC)c1c(F)cncc1/C=C(\C)[N+](=O)[O-]. The summed E-state index contributed by atoms with van der Waals surface area (Å²) in [5.41, 5.74) is 0.198. The summed E-state index contributed by atoms with van der Waals surface area (Å²) in [5, 5.41) is 10.6. The van der Waals surface area contributed by atoms with Crippen LogP contribution in [0.25, 0.3) is 6.08 Å². The highest BCUT2D eigenvalue weighted by atomic mass is 19.1. The fourth-order valence-corrected chi connectivity index (χ4v) is 1.43. The molecule has 1 aromatic rings. The number of hydrogen-bond acceptors (Lipinski definition) is 5. The van der Waals surface area contributed by atoms with Gasteiger partial charge in [-0.2, -0.15) is 0 Å². The van der Waals surface area contributed by atoms with E-state index in [9.17, 15) is 14.5 Å². The summed E-state index contributed by atoms with van der Waals surface area (Å²) in [6.07, 6.45) is 2.59. The smallest absolute Gasteiger partial charge is 0.243 e. The highest BCUT2D eigenvalue weighted by Gasteiger charge is 2.19. The molecule has 1 rings (SSSR count). The number of hydrogen-bond donors (Lipinski definition) is 0. The quantitative estimate of drug-likeness (QED) is 0.458. The van der Waals surface area contributed by atoms with Crippen LogP contribution in [0.4, 0.5) is 4.39 Å². The van der Waals surface area contributed by atoms with Crippen molar-refractivity contribution in [2.75, 3.05) is 14.2 Å². The molecular weight excluding hydrogens is 243 g/mol. The lowest BCUT2D eigenvalue weighted by molar-refractivity contribution is -0.422. The zero-order valence-corrected chi connectivity index (χ0v) is 10.2. The van der Waals surface area contributed by atoms with E-state index in [0.29, 0.717) is 0 Å². The van der Waals surface area contributed by atoms with Crippen molar-refractivity contribution < 1.29 is 18.8 Å². The lowest BCUT2D eigenvalue weighted by Crippen LogP contribution is -2.09. The fourth-order valence-electron chi connectivity index (χ4n) is 1.43. The Morgan fingerprint density at radius 2 is 2.11 bits per heavy atom. The van der Waals surface area contributed by atoms with Gasteiger partial charge in [-0.3, -0.25) is 15.1 Å². The summed E-state index contributed by atoms with van der Waals surface area (Å²) in [6, 6.07) is 0. The molecule has 0 saturated carbocycles. The third kappa shape index (κ3) is 3.08. The molecule has 0 bridgehead atoms. The van der Waals surface area contributed by atoms with Gasteiger partial charge in [0.15, 0.2) is 6.29 Å². The second-order valence-electron chi connectivity index (χ2n) is 3.47. The predicted octanol–water partition coefficient (Wildman–Crippen LogP) is 2.15. The maximum atomic E-state index is 13.7. The van der Waals surface area contributed by atoms with E-state index in [2.05, 4.69) is 4.98 Å². The first-order valence-corrected chi connectivity index (χ1v) is 5.03. The highest BCUT2D eigenvalue weighted by molar-refractivity contribution is 5.54. The number of nitrogens with zero attached hydrogens (tertiary/aromatic N) is 2. The van der Waals surface area contributed by atoms with Gasteiger partial charge in [-0.15, -0.1) is 0 Å². The first-order valence-electron chi connectivity index (χ1n) is 5.03. The van der Waals surface area contributed by atoms with Crippen molar-refractivity contribution in [1.29, 1.82) is 0 Å². The number of pyridine rings is 1. The molecular formula is C11H13FN2O4. The van der Waals surface area contributed by atoms with E-state index in [1.165, 1.54) is 33.4 Å². The van der Waals surface area contributed by atoms with Gasteiger partial charge in [0.2, 0.25) is 5.70 Å². The summed E-state index contributed by atoms with van der Waals surface area (Å²) in [4.78, 5) is 13.7. The summed E-state index contributed by atoms with van der Waals surface area (Å²) in [5.74, 6) is -0.645. The minimum Gasteiger partial charge on any atom is -0.352 e. The lowest BCUT2D eigenvalue weighted by atomic mass is 10.1. The molecule has 0 aliphatic rings. The average molecular weight is 256 g/mol. The Labute approximate surface area is 103 Å². The molecule has 0 unspecified atom stereocenters. The Morgan fingerprint density at radius 1 is 1.50 bits per heavy atom. The van der Waals surface area contributed by atoms with Gasteiger partial charge in [0, 0.05) is 39.0 Å². The second-order valence-corrected chi connectivity index (χ2v) is 3.47. The first-order chi connectivity index (χ1) is 8.51. The second kappa shape index (κ2) is 6.18. The van der Waals surface area contributed by atoms with Crippen molar-refractivity contribution in [3.05, 3.63) is 45.1 Å². The highest BCUT2D eigenvalue weighted by Crippen LogP contribution is 2.25. The zero-order chi connectivity index (χ0) is 13.7. The molecule has 0 fully saturated rings. The van der Waals surface area contributed by atoms with E-state index in [0.717, 1.165) is 6.20 Å². The van der Waals surface area contributed by atoms with Crippen molar-refractivity contribution in [2.45, 2.75) is 13.2 Å². The molecule has 0 atom stereocenters. The van der Waals surface area contributed by atoms with Crippen LogP contribution in [0, 0.1) is 15.9 Å². The molecule has 6 nitrogen and oxygen atoms in total. The minimum atomic E-state index is -0.946. The monoisotopic (exact) mass is 256 g/mol. The molecule has 0 amide bonds. The van der Waals surface area contributed by atoms with Gasteiger partial charge in [0.05, 0.1) is 16.7 Å². The van der Waals surface area contributed by atoms with Crippen LogP contribution in [0.1, 0.15) is 24.3 Å². The third-order valence-electron chi connectivity index (χ3n) is 2.29. The number of ether oxygens (including phenoxy) is 2. The molecule has 0 spiro atoms. The van der Waals surface area contributed by atoms with Gasteiger partial charge in [-0.1, -0.05) is 0 Å². The van der Waals surface area contributed by atoms with Gasteiger partial charge >= 0.3 is 0 Å². The van der Waals surface area contributed by atoms with Gasteiger partial charge in [0.1, 0.15) is 5.82 Å². The molecule has 7 heteroatoms. The van der Waals surface area contributed by atoms with Crippen LogP contribution in [0.2, 0.25) is 0 Å². The van der Waals surface area contributed by atoms with E-state index < -0.39 is 17.0 Å². The van der Waals surface area contributed by atoms with E-state index in [1.807, 2.05) is 0 Å². The summed E-state index contributed by atoms with van der Waals surface area (Å²) in [7, 11) is 2.70. The van der Waals surface area contributed by atoms with Crippen molar-refractivity contribution in [1.82, 2.24) is 4.98 Å². The lowest BCUT2D eigenvalue weighted by Gasteiger charge is -2.16. The van der Waals surface area contributed by atoms with Gasteiger partial charge < -0.3 is 9.47 Å². The maximum absolute atomic E-state index is 13.7. The fraction of sp³-hybridized carbons (Fsp3) is 0.364. The van der Waals surface area contributed by atoms with Crippen molar-refractivity contribution >= 4 is 6.08 Å². The van der Waals surface area contributed by atoms with Crippen molar-refractivity contribution in [2.24, 2.45) is 0 Å². The number of halogens is 1. The van der Waals surface area contributed by atoms with E-state index in [4.69, 9.17) is 9.47 Å². The van der Waals surface area contributed by atoms with E-state index in [-0.39, 0.29) is 16.8 Å². The van der Waals surface area contributed by atoms with Crippen molar-refractivity contribution in [3.63, 3.8) is 0 Å².